The lowest BCUT2D eigenvalue weighted by Crippen LogP contribution is -2.15. The number of nitrogens with one attached hydrogen (secondary N) is 1. The van der Waals surface area contributed by atoms with E-state index in [1.54, 1.807) is 30.5 Å². The van der Waals surface area contributed by atoms with E-state index in [2.05, 4.69) is 21.4 Å². The number of aromatic nitrogens is 2. The molecule has 0 unspecified atom stereocenters. The summed E-state index contributed by atoms with van der Waals surface area (Å²) in [6.07, 6.45) is 2.71. The smallest absolute Gasteiger partial charge is 0.228 e. The Balaban J connectivity index is 1.67. The first-order valence-electron chi connectivity index (χ1n) is 8.66. The maximum atomic E-state index is 12.3. The summed E-state index contributed by atoms with van der Waals surface area (Å²) < 4.78 is 0. The Morgan fingerprint density at radius 1 is 1.32 bits per heavy atom. The molecule has 8 heteroatoms. The van der Waals surface area contributed by atoms with Gasteiger partial charge < -0.3 is 11.1 Å². The highest BCUT2D eigenvalue weighted by Gasteiger charge is 2.42. The number of nitrogens with zero attached hydrogens (tertiary/aromatic N) is 3. The van der Waals surface area contributed by atoms with Gasteiger partial charge in [0.15, 0.2) is 0 Å². The lowest BCUT2D eigenvalue weighted by atomic mass is 10.1. The van der Waals surface area contributed by atoms with Crippen LogP contribution in [0.15, 0.2) is 36.5 Å². The zero-order valence-electron chi connectivity index (χ0n) is 14.6. The van der Waals surface area contributed by atoms with Crippen molar-refractivity contribution in [3.8, 4) is 17.3 Å². The van der Waals surface area contributed by atoms with Crippen LogP contribution in [0.1, 0.15) is 12.8 Å². The molecule has 1 aromatic carbocycles. The highest BCUT2D eigenvalue weighted by molar-refractivity contribution is 6.39. The van der Waals surface area contributed by atoms with Gasteiger partial charge in [0.2, 0.25) is 5.91 Å². The number of fused-ring (bicyclic) bond motifs is 1. The molecule has 4 rings (SSSR count). The number of anilines is 2. The van der Waals surface area contributed by atoms with Crippen LogP contribution in [0.2, 0.25) is 10.0 Å². The number of rotatable bonds is 4. The predicted octanol–water partition coefficient (Wildman–Crippen LogP) is 4.67. The summed E-state index contributed by atoms with van der Waals surface area (Å²) >= 11 is 12.6. The molecule has 0 radical (unpaired) electrons. The zero-order chi connectivity index (χ0) is 19.8. The second-order valence-electron chi connectivity index (χ2n) is 6.73. The Kier molecular flexibility index (Phi) is 4.80. The Hall–Kier alpha value is -2.88. The molecule has 0 spiro atoms. The highest BCUT2D eigenvalue weighted by Crippen LogP contribution is 2.42. The number of nitriles is 1. The molecule has 1 amide bonds. The Morgan fingerprint density at radius 2 is 2.07 bits per heavy atom. The lowest BCUT2D eigenvalue weighted by molar-refractivity contribution is -0.117. The molecule has 1 saturated carbocycles. The van der Waals surface area contributed by atoms with E-state index in [0.29, 0.717) is 44.7 Å². The van der Waals surface area contributed by atoms with Crippen LogP contribution >= 0.6 is 23.2 Å². The first-order chi connectivity index (χ1) is 13.5. The zero-order valence-corrected chi connectivity index (χ0v) is 16.1. The lowest BCUT2D eigenvalue weighted by Gasteiger charge is -2.11. The number of carbonyl (C=O) groups is 1. The van der Waals surface area contributed by atoms with Gasteiger partial charge in [0.1, 0.15) is 11.6 Å². The van der Waals surface area contributed by atoms with Gasteiger partial charge in [-0.2, -0.15) is 5.26 Å². The van der Waals surface area contributed by atoms with Crippen molar-refractivity contribution in [2.75, 3.05) is 11.1 Å². The van der Waals surface area contributed by atoms with Gasteiger partial charge in [0.25, 0.3) is 0 Å². The number of nitrogens with two attached hydrogens (primary N) is 1. The van der Waals surface area contributed by atoms with E-state index in [1.807, 2.05) is 6.07 Å². The molecule has 2 aromatic heterocycles. The fourth-order valence-corrected chi connectivity index (χ4v) is 3.83. The second kappa shape index (κ2) is 7.27. The summed E-state index contributed by atoms with van der Waals surface area (Å²) in [6.45, 7) is 0. The highest BCUT2D eigenvalue weighted by atomic mass is 35.5. The molecule has 0 bridgehead atoms. The van der Waals surface area contributed by atoms with Gasteiger partial charge in [0.05, 0.1) is 21.8 Å². The minimum absolute atomic E-state index is 0.122. The number of halogens is 2. The first-order valence-corrected chi connectivity index (χ1v) is 9.42. The van der Waals surface area contributed by atoms with Crippen molar-refractivity contribution in [1.82, 2.24) is 9.97 Å². The summed E-state index contributed by atoms with van der Waals surface area (Å²) in [5.74, 6) is 0.604. The number of amides is 1. The molecule has 1 aliphatic carbocycles. The Morgan fingerprint density at radius 3 is 2.79 bits per heavy atom. The molecule has 2 heterocycles. The molecule has 3 N–H and O–H groups in total. The molecule has 1 aliphatic rings. The van der Waals surface area contributed by atoms with Crippen LogP contribution in [0.25, 0.3) is 22.0 Å². The molecule has 140 valence electrons. The van der Waals surface area contributed by atoms with Gasteiger partial charge in [-0.15, -0.1) is 0 Å². The van der Waals surface area contributed by atoms with E-state index in [-0.39, 0.29) is 17.7 Å². The molecule has 28 heavy (non-hydrogen) atoms. The molecule has 1 fully saturated rings. The first kappa shape index (κ1) is 18.5. The minimum atomic E-state index is -0.128. The van der Waals surface area contributed by atoms with Crippen LogP contribution in [0.4, 0.5) is 11.6 Å². The number of pyridine rings is 2. The molecular weight excluding hydrogens is 397 g/mol. The van der Waals surface area contributed by atoms with Crippen molar-refractivity contribution in [2.24, 2.45) is 11.8 Å². The van der Waals surface area contributed by atoms with E-state index in [9.17, 15) is 4.79 Å². The van der Waals surface area contributed by atoms with Crippen LogP contribution in [-0.4, -0.2) is 15.9 Å². The second-order valence-corrected chi connectivity index (χ2v) is 7.55. The monoisotopic (exact) mass is 411 g/mol. The number of hydrogen-bond acceptors (Lipinski definition) is 5. The fourth-order valence-electron chi connectivity index (χ4n) is 3.24. The van der Waals surface area contributed by atoms with Gasteiger partial charge in [-0.3, -0.25) is 4.79 Å². The minimum Gasteiger partial charge on any atom is -0.383 e. The van der Waals surface area contributed by atoms with Crippen molar-refractivity contribution >= 4 is 51.5 Å². The summed E-state index contributed by atoms with van der Waals surface area (Å²) in [6, 6.07) is 10.9. The summed E-state index contributed by atoms with van der Waals surface area (Å²) in [5, 5.41) is 13.9. The third-order valence-electron chi connectivity index (χ3n) is 4.83. The van der Waals surface area contributed by atoms with E-state index in [1.165, 1.54) is 0 Å². The molecule has 0 aliphatic heterocycles. The Bertz CT molecular complexity index is 1120. The number of carbonyl (C=O) groups excluding carboxylic acids is 1. The maximum absolute atomic E-state index is 12.3. The fraction of sp³-hybridized carbons (Fsp3) is 0.200. The number of hydrogen-bond donors (Lipinski definition) is 2. The van der Waals surface area contributed by atoms with Gasteiger partial charge in [-0.25, -0.2) is 9.97 Å². The van der Waals surface area contributed by atoms with Crippen LogP contribution in [0.3, 0.4) is 0 Å². The van der Waals surface area contributed by atoms with Crippen molar-refractivity contribution < 1.29 is 4.79 Å². The number of benzene rings is 1. The predicted molar refractivity (Wildman–Crippen MR) is 110 cm³/mol. The SMILES string of the molecule is N#CC[C@H]1C[C@@H]1C(=O)Nc1cc2cc(-c3c(Cl)cccc3Cl)nc(N)c2cn1. The van der Waals surface area contributed by atoms with Crippen molar-refractivity contribution in [3.05, 3.63) is 46.6 Å². The largest absolute Gasteiger partial charge is 0.383 e. The molecule has 6 nitrogen and oxygen atoms in total. The number of nitrogen functional groups attached to an aromatic ring is 1. The van der Waals surface area contributed by atoms with Gasteiger partial charge in [-0.05, 0) is 42.0 Å². The van der Waals surface area contributed by atoms with Crippen LogP contribution in [0, 0.1) is 23.2 Å². The van der Waals surface area contributed by atoms with Crippen molar-refractivity contribution in [2.45, 2.75) is 12.8 Å². The van der Waals surface area contributed by atoms with E-state index in [0.717, 1.165) is 11.8 Å². The van der Waals surface area contributed by atoms with E-state index < -0.39 is 0 Å². The van der Waals surface area contributed by atoms with E-state index >= 15 is 0 Å². The quantitative estimate of drug-likeness (QED) is 0.648. The molecular formula is C20H15Cl2N5O. The van der Waals surface area contributed by atoms with Crippen LogP contribution < -0.4 is 11.1 Å². The van der Waals surface area contributed by atoms with Crippen LogP contribution in [0.5, 0.6) is 0 Å². The topological polar surface area (TPSA) is 105 Å². The molecule has 0 saturated heterocycles. The summed E-state index contributed by atoms with van der Waals surface area (Å²) in [5.41, 5.74) is 7.24. The third-order valence-corrected chi connectivity index (χ3v) is 5.46. The normalized spacial score (nSPS) is 17.9. The van der Waals surface area contributed by atoms with Crippen LogP contribution in [-0.2, 0) is 4.79 Å². The van der Waals surface area contributed by atoms with Gasteiger partial charge >= 0.3 is 0 Å². The maximum Gasteiger partial charge on any atom is 0.228 e. The van der Waals surface area contributed by atoms with Gasteiger partial charge in [0, 0.05) is 29.5 Å². The standard InChI is InChI=1S/C20H15Cl2N5O/c21-14-2-1-3-15(22)18(14)16-7-11-8-17(25-9-13(11)19(24)26-16)27-20(28)12-6-10(12)4-5-23/h1-3,7-10,12H,4,6H2,(H2,24,26)(H,25,27,28)/t10-,12-/m0/s1. The molecule has 3 aromatic rings. The van der Waals surface area contributed by atoms with E-state index in [4.69, 9.17) is 34.2 Å². The summed E-state index contributed by atoms with van der Waals surface area (Å²) in [7, 11) is 0. The Labute approximate surface area is 171 Å². The average Bonchev–Trinajstić information content (AvgIpc) is 3.41. The average molecular weight is 412 g/mol. The van der Waals surface area contributed by atoms with Gasteiger partial charge in [-0.1, -0.05) is 29.3 Å². The third kappa shape index (κ3) is 3.47. The molecule has 2 atom stereocenters. The summed E-state index contributed by atoms with van der Waals surface area (Å²) in [4.78, 5) is 21.0. The van der Waals surface area contributed by atoms with Crippen molar-refractivity contribution in [1.29, 1.82) is 5.26 Å². The van der Waals surface area contributed by atoms with Crippen molar-refractivity contribution in [3.63, 3.8) is 0 Å².